The van der Waals surface area contributed by atoms with E-state index in [1.54, 1.807) is 79.7 Å². The van der Waals surface area contributed by atoms with Crippen LogP contribution in [0.1, 0.15) is 22.8 Å². The highest BCUT2D eigenvalue weighted by molar-refractivity contribution is 8.05. The summed E-state index contributed by atoms with van der Waals surface area (Å²) < 4.78 is 5.02. The molecule has 7 nitrogen and oxygen atoms in total. The summed E-state index contributed by atoms with van der Waals surface area (Å²) in [7, 11) is 0. The van der Waals surface area contributed by atoms with Crippen molar-refractivity contribution < 1.29 is 19.1 Å². The Kier molecular flexibility index (Phi) is 8.29. The van der Waals surface area contributed by atoms with Crippen LogP contribution in [0, 0.1) is 11.3 Å². The van der Waals surface area contributed by atoms with Crippen LogP contribution in [0.25, 0.3) is 0 Å². The number of rotatable bonds is 7. The fourth-order valence-electron chi connectivity index (χ4n) is 3.73. The van der Waals surface area contributed by atoms with Crippen LogP contribution >= 0.6 is 23.4 Å². The summed E-state index contributed by atoms with van der Waals surface area (Å²) >= 11 is 7.09. The maximum atomic E-state index is 13.6. The Morgan fingerprint density at radius 3 is 2.35 bits per heavy atom. The fourth-order valence-corrected chi connectivity index (χ4v) is 5.17. The van der Waals surface area contributed by atoms with Gasteiger partial charge in [-0.15, -0.1) is 0 Å². The Labute approximate surface area is 223 Å². The molecule has 3 aromatic rings. The number of hydrogen-bond acceptors (Lipinski definition) is 6. The zero-order valence-corrected chi connectivity index (χ0v) is 21.4. The molecule has 0 aliphatic carbocycles. The molecule has 0 spiro atoms. The zero-order valence-electron chi connectivity index (χ0n) is 19.8. The average Bonchev–Trinajstić information content (AvgIpc) is 3.22. The molecule has 1 atom stereocenters. The molecule has 1 fully saturated rings. The largest absolute Gasteiger partial charge is 0.462 e. The van der Waals surface area contributed by atoms with E-state index >= 15 is 0 Å². The molecule has 3 aromatic carbocycles. The van der Waals surface area contributed by atoms with E-state index in [9.17, 15) is 19.6 Å². The summed E-state index contributed by atoms with van der Waals surface area (Å²) in [5.41, 5.74) is 2.12. The molecule has 0 aromatic heterocycles. The van der Waals surface area contributed by atoms with Crippen molar-refractivity contribution in [2.45, 2.75) is 18.6 Å². The quantitative estimate of drug-likeness (QED) is 0.243. The van der Waals surface area contributed by atoms with Crippen molar-refractivity contribution in [2.24, 2.45) is 0 Å². The molecular weight excluding hydrogens is 510 g/mol. The molecule has 2 amide bonds. The van der Waals surface area contributed by atoms with Gasteiger partial charge >= 0.3 is 5.97 Å². The van der Waals surface area contributed by atoms with E-state index in [4.69, 9.17) is 16.3 Å². The molecule has 9 heteroatoms. The molecule has 0 unspecified atom stereocenters. The minimum absolute atomic E-state index is 0.169. The highest BCUT2D eigenvalue weighted by atomic mass is 35.5. The Morgan fingerprint density at radius 2 is 1.73 bits per heavy atom. The first kappa shape index (κ1) is 26.0. The molecule has 1 heterocycles. The highest BCUT2D eigenvalue weighted by Crippen LogP contribution is 2.42. The number of thioether (sulfide) groups is 1. The second-order valence-electron chi connectivity index (χ2n) is 7.99. The van der Waals surface area contributed by atoms with Crippen LogP contribution in [0.5, 0.6) is 0 Å². The van der Waals surface area contributed by atoms with E-state index in [0.717, 1.165) is 5.56 Å². The third kappa shape index (κ3) is 6.02. The fraction of sp³-hybridized carbons (Fsp3) is 0.143. The number of benzene rings is 3. The predicted octanol–water partition coefficient (Wildman–Crippen LogP) is 5.58. The van der Waals surface area contributed by atoms with Crippen LogP contribution in [0.2, 0.25) is 5.02 Å². The predicted molar refractivity (Wildman–Crippen MR) is 144 cm³/mol. The minimum atomic E-state index is -0.625. The molecule has 0 radical (unpaired) electrons. The highest BCUT2D eigenvalue weighted by Gasteiger charge is 2.40. The van der Waals surface area contributed by atoms with E-state index in [1.165, 1.54) is 16.7 Å². The summed E-state index contributed by atoms with van der Waals surface area (Å²) in [4.78, 5) is 40.0. The van der Waals surface area contributed by atoms with Gasteiger partial charge in [-0.1, -0.05) is 53.7 Å². The van der Waals surface area contributed by atoms with Crippen LogP contribution in [-0.4, -0.2) is 29.6 Å². The van der Waals surface area contributed by atoms with Crippen LogP contribution < -0.4 is 10.2 Å². The van der Waals surface area contributed by atoms with Crippen molar-refractivity contribution in [1.29, 1.82) is 5.26 Å². The summed E-state index contributed by atoms with van der Waals surface area (Å²) in [6, 6.07) is 24.2. The van der Waals surface area contributed by atoms with Crippen LogP contribution in [0.15, 0.2) is 89.5 Å². The number of halogens is 1. The molecule has 0 saturated carbocycles. The summed E-state index contributed by atoms with van der Waals surface area (Å²) in [5.74, 6) is -1.28. The second kappa shape index (κ2) is 11.8. The number of esters is 1. The van der Waals surface area contributed by atoms with Gasteiger partial charge in [-0.2, -0.15) is 5.26 Å². The van der Waals surface area contributed by atoms with Gasteiger partial charge in [0.2, 0.25) is 5.91 Å². The average molecular weight is 532 g/mol. The first-order valence-electron chi connectivity index (χ1n) is 11.4. The molecule has 37 heavy (non-hydrogen) atoms. The van der Waals surface area contributed by atoms with E-state index in [0.29, 0.717) is 28.4 Å². The van der Waals surface area contributed by atoms with Crippen molar-refractivity contribution in [2.75, 3.05) is 16.8 Å². The first-order chi connectivity index (χ1) is 17.9. The lowest BCUT2D eigenvalue weighted by atomic mass is 10.1. The third-order valence-electron chi connectivity index (χ3n) is 5.51. The smallest absolute Gasteiger partial charge is 0.338 e. The lowest BCUT2D eigenvalue weighted by Gasteiger charge is -2.18. The zero-order chi connectivity index (χ0) is 26.4. The van der Waals surface area contributed by atoms with Gasteiger partial charge in [0.25, 0.3) is 5.91 Å². The normalized spacial score (nSPS) is 16.2. The van der Waals surface area contributed by atoms with Gasteiger partial charge in [-0.3, -0.25) is 14.5 Å². The molecule has 1 aliphatic heterocycles. The van der Waals surface area contributed by atoms with Crippen molar-refractivity contribution in [3.63, 3.8) is 0 Å². The topological polar surface area (TPSA) is 99.5 Å². The number of carbonyl (C=O) groups is 3. The van der Waals surface area contributed by atoms with E-state index in [2.05, 4.69) is 5.32 Å². The van der Waals surface area contributed by atoms with Gasteiger partial charge in [0.1, 0.15) is 16.7 Å². The second-order valence-corrected chi connectivity index (χ2v) is 9.62. The molecule has 186 valence electrons. The van der Waals surface area contributed by atoms with Gasteiger partial charge in [0.05, 0.1) is 17.4 Å². The molecular formula is C28H22ClN3O4S. The Balaban J connectivity index is 1.64. The number of hydrogen-bond donors (Lipinski definition) is 1. The van der Waals surface area contributed by atoms with Gasteiger partial charge in [-0.25, -0.2) is 4.79 Å². The lowest BCUT2D eigenvalue weighted by Crippen LogP contribution is -2.30. The van der Waals surface area contributed by atoms with E-state index < -0.39 is 17.1 Å². The van der Waals surface area contributed by atoms with Crippen molar-refractivity contribution in [1.82, 2.24) is 0 Å². The molecule has 0 bridgehead atoms. The van der Waals surface area contributed by atoms with E-state index in [1.807, 2.05) is 12.1 Å². The molecule has 1 N–H and O–H groups in total. The molecule has 1 saturated heterocycles. The summed E-state index contributed by atoms with van der Waals surface area (Å²) in [6.45, 7) is 2.02. The van der Waals surface area contributed by atoms with Crippen LogP contribution in [0.4, 0.5) is 11.4 Å². The monoisotopic (exact) mass is 531 g/mol. The standard InChI is InChI=1S/C28H22ClN3O4S/c1-2-36-28(35)19-10-8-18(9-11-19)16-24-26(34)32(22-6-4-3-5-7-22)27(37-24)23(17-30)25(33)31-21-14-12-20(29)13-15-21/h3-15,24H,2,16H2,1H3,(H,31,33)/b27-23-/t24-/m0/s1. The number of para-hydroxylation sites is 1. The van der Waals surface area contributed by atoms with Crippen molar-refractivity contribution in [3.8, 4) is 6.07 Å². The lowest BCUT2D eigenvalue weighted by molar-refractivity contribution is -0.117. The summed E-state index contributed by atoms with van der Waals surface area (Å²) in [6.07, 6.45) is 0.344. The number of ether oxygens (including phenoxy) is 1. The van der Waals surface area contributed by atoms with Gasteiger partial charge in [0, 0.05) is 16.4 Å². The van der Waals surface area contributed by atoms with Crippen molar-refractivity contribution >= 4 is 52.5 Å². The Morgan fingerprint density at radius 1 is 1.05 bits per heavy atom. The Bertz CT molecular complexity index is 1380. The minimum Gasteiger partial charge on any atom is -0.462 e. The number of carbonyl (C=O) groups excluding carboxylic acids is 3. The van der Waals surface area contributed by atoms with Crippen molar-refractivity contribution in [3.05, 3.63) is 106 Å². The number of nitrogens with one attached hydrogen (secondary N) is 1. The number of amides is 2. The summed E-state index contributed by atoms with van der Waals surface area (Å²) in [5, 5.41) is 12.9. The molecule has 1 aliphatic rings. The van der Waals surface area contributed by atoms with Gasteiger partial charge < -0.3 is 10.1 Å². The number of anilines is 2. The third-order valence-corrected chi connectivity index (χ3v) is 7.02. The first-order valence-corrected chi connectivity index (χ1v) is 12.7. The van der Waals surface area contributed by atoms with Crippen LogP contribution in [0.3, 0.4) is 0 Å². The number of nitrogens with zero attached hydrogens (tertiary/aromatic N) is 2. The van der Waals surface area contributed by atoms with E-state index in [-0.39, 0.29) is 23.1 Å². The number of nitriles is 1. The van der Waals surface area contributed by atoms with Crippen LogP contribution in [-0.2, 0) is 20.7 Å². The maximum Gasteiger partial charge on any atom is 0.338 e. The molecule has 4 rings (SSSR count). The SMILES string of the molecule is CCOC(=O)c1ccc(C[C@@H]2S/C(=C(/C#N)C(=O)Nc3ccc(Cl)cc3)N(c3ccccc3)C2=O)cc1. The van der Waals surface area contributed by atoms with Gasteiger partial charge in [0.15, 0.2) is 0 Å². The maximum absolute atomic E-state index is 13.6. The van der Waals surface area contributed by atoms with Gasteiger partial charge in [-0.05, 0) is 67.4 Å². The Hall–Kier alpha value is -4.06.